The number of carbonyl (C=O) groups is 1. The molecule has 4 aliphatic rings. The Morgan fingerprint density at radius 3 is 2.33 bits per heavy atom. The lowest BCUT2D eigenvalue weighted by atomic mass is 9.97. The van der Waals surface area contributed by atoms with Crippen LogP contribution in [0.1, 0.15) is 38.5 Å². The summed E-state index contributed by atoms with van der Waals surface area (Å²) in [6.45, 7) is 1.37. The van der Waals surface area contributed by atoms with Crippen molar-refractivity contribution in [1.82, 2.24) is 10.9 Å². The van der Waals surface area contributed by atoms with E-state index in [0.29, 0.717) is 13.1 Å². The standard InChI is InChI=1S/C13H20N6O2/c20-11(9-1-3-12(5-9)7-14-18-16-12)21-10-2-4-13(6-10)8-15-19-17-13/h9-10H,1-8H2,(H,14,16)(H,15,17). The summed E-state index contributed by atoms with van der Waals surface area (Å²) < 4.78 is 5.73. The first kappa shape index (κ1) is 13.0. The molecule has 4 unspecified atom stereocenters. The van der Waals surface area contributed by atoms with Crippen LogP contribution in [-0.4, -0.2) is 36.2 Å². The van der Waals surface area contributed by atoms with E-state index in [1.54, 1.807) is 0 Å². The molecule has 0 aromatic heterocycles. The van der Waals surface area contributed by atoms with Gasteiger partial charge in [-0.25, -0.2) is 0 Å². The van der Waals surface area contributed by atoms with Crippen molar-refractivity contribution in [1.29, 1.82) is 0 Å². The average Bonchev–Trinajstić information content (AvgIpc) is 3.24. The van der Waals surface area contributed by atoms with E-state index in [-0.39, 0.29) is 29.1 Å². The minimum Gasteiger partial charge on any atom is -0.462 e. The van der Waals surface area contributed by atoms with Gasteiger partial charge in [0.2, 0.25) is 0 Å². The maximum atomic E-state index is 12.4. The van der Waals surface area contributed by atoms with Gasteiger partial charge in [0.25, 0.3) is 0 Å². The smallest absolute Gasteiger partial charge is 0.309 e. The molecular formula is C13H20N6O2. The van der Waals surface area contributed by atoms with Gasteiger partial charge in [-0.15, -0.1) is 0 Å². The molecule has 2 fully saturated rings. The van der Waals surface area contributed by atoms with Crippen LogP contribution in [0.25, 0.3) is 0 Å². The van der Waals surface area contributed by atoms with Gasteiger partial charge in [-0.2, -0.15) is 10.2 Å². The second-order valence-electron chi connectivity index (χ2n) is 6.82. The second kappa shape index (κ2) is 4.64. The van der Waals surface area contributed by atoms with Crippen LogP contribution in [0.4, 0.5) is 0 Å². The minimum absolute atomic E-state index is 0.00374. The molecule has 2 aliphatic heterocycles. The average molecular weight is 292 g/mol. The van der Waals surface area contributed by atoms with Crippen molar-refractivity contribution in [2.45, 2.75) is 55.7 Å². The van der Waals surface area contributed by atoms with Crippen LogP contribution in [0, 0.1) is 5.92 Å². The summed E-state index contributed by atoms with van der Waals surface area (Å²) in [7, 11) is 0. The van der Waals surface area contributed by atoms with Crippen molar-refractivity contribution in [3.63, 3.8) is 0 Å². The minimum atomic E-state index is -0.0919. The number of carbonyl (C=O) groups excluding carboxylic acids is 1. The van der Waals surface area contributed by atoms with Crippen LogP contribution in [0.2, 0.25) is 0 Å². The monoisotopic (exact) mass is 292 g/mol. The molecule has 114 valence electrons. The molecule has 8 heteroatoms. The van der Waals surface area contributed by atoms with E-state index in [2.05, 4.69) is 31.5 Å². The van der Waals surface area contributed by atoms with Crippen LogP contribution < -0.4 is 10.9 Å². The number of nitrogens with one attached hydrogen (secondary N) is 2. The van der Waals surface area contributed by atoms with Crippen LogP contribution in [0.5, 0.6) is 0 Å². The number of ether oxygens (including phenoxy) is 1. The first-order chi connectivity index (χ1) is 10.2. The highest BCUT2D eigenvalue weighted by molar-refractivity contribution is 5.73. The van der Waals surface area contributed by atoms with Crippen LogP contribution >= 0.6 is 0 Å². The highest BCUT2D eigenvalue weighted by atomic mass is 16.5. The Balaban J connectivity index is 1.31. The highest BCUT2D eigenvalue weighted by Gasteiger charge is 2.47. The molecule has 2 saturated carbocycles. The molecule has 0 amide bonds. The summed E-state index contributed by atoms with van der Waals surface area (Å²) in [5, 5.41) is 15.7. The summed E-state index contributed by atoms with van der Waals surface area (Å²) in [4.78, 5) is 12.4. The van der Waals surface area contributed by atoms with E-state index >= 15 is 0 Å². The summed E-state index contributed by atoms with van der Waals surface area (Å²) in [5.41, 5.74) is 5.99. The first-order valence-electron chi connectivity index (χ1n) is 7.67. The van der Waals surface area contributed by atoms with Gasteiger partial charge in [0.05, 0.1) is 30.1 Å². The van der Waals surface area contributed by atoms with E-state index in [1.807, 2.05) is 0 Å². The lowest BCUT2D eigenvalue weighted by Crippen LogP contribution is -2.40. The van der Waals surface area contributed by atoms with Crippen molar-refractivity contribution < 1.29 is 9.53 Å². The van der Waals surface area contributed by atoms with Gasteiger partial charge in [-0.1, -0.05) is 10.4 Å². The number of rotatable bonds is 2. The largest absolute Gasteiger partial charge is 0.462 e. The molecule has 2 spiro atoms. The molecule has 0 bridgehead atoms. The van der Waals surface area contributed by atoms with Gasteiger partial charge < -0.3 is 4.74 Å². The van der Waals surface area contributed by atoms with Gasteiger partial charge in [-0.3, -0.25) is 15.6 Å². The lowest BCUT2D eigenvalue weighted by molar-refractivity contribution is -0.153. The highest BCUT2D eigenvalue weighted by Crippen LogP contribution is 2.39. The van der Waals surface area contributed by atoms with Crippen molar-refractivity contribution in [2.75, 3.05) is 13.1 Å². The van der Waals surface area contributed by atoms with Crippen molar-refractivity contribution in [3.05, 3.63) is 0 Å². The molecule has 0 radical (unpaired) electrons. The fourth-order valence-electron chi connectivity index (χ4n) is 3.95. The third-order valence-electron chi connectivity index (χ3n) is 5.25. The SMILES string of the molecule is O=C(OC1CCC2(CN=NN2)C1)C1CCC2(CN=NN2)C1. The third kappa shape index (κ3) is 2.26. The summed E-state index contributed by atoms with van der Waals surface area (Å²) in [5.74, 6) is -0.0852. The predicted octanol–water partition coefficient (Wildman–Crippen LogP) is 1.30. The first-order valence-corrected chi connectivity index (χ1v) is 7.67. The fourth-order valence-corrected chi connectivity index (χ4v) is 3.95. The molecule has 2 aliphatic carbocycles. The number of nitrogens with zero attached hydrogens (tertiary/aromatic N) is 4. The number of hydrogen-bond acceptors (Lipinski definition) is 8. The maximum Gasteiger partial charge on any atom is 0.309 e. The Labute approximate surface area is 122 Å². The van der Waals surface area contributed by atoms with Crippen molar-refractivity contribution in [2.24, 2.45) is 26.6 Å². The molecule has 8 nitrogen and oxygen atoms in total. The molecular weight excluding hydrogens is 272 g/mol. The molecule has 21 heavy (non-hydrogen) atoms. The Morgan fingerprint density at radius 2 is 1.67 bits per heavy atom. The molecule has 2 heterocycles. The Kier molecular flexibility index (Phi) is 2.87. The quantitative estimate of drug-likeness (QED) is 0.749. The Hall–Kier alpha value is -1.73. The molecule has 0 aromatic carbocycles. The maximum absolute atomic E-state index is 12.4. The number of hydrogen-bond donors (Lipinski definition) is 2. The van der Waals surface area contributed by atoms with Crippen LogP contribution in [-0.2, 0) is 9.53 Å². The topological polar surface area (TPSA) is 99.8 Å². The normalized spacial score (nSPS) is 43.6. The van der Waals surface area contributed by atoms with Gasteiger partial charge in [0.15, 0.2) is 0 Å². The van der Waals surface area contributed by atoms with E-state index in [9.17, 15) is 4.79 Å². The molecule has 4 atom stereocenters. The number of esters is 1. The zero-order valence-electron chi connectivity index (χ0n) is 11.9. The van der Waals surface area contributed by atoms with Crippen LogP contribution in [0.15, 0.2) is 20.7 Å². The molecule has 0 saturated heterocycles. The summed E-state index contributed by atoms with van der Waals surface area (Å²) >= 11 is 0. The fraction of sp³-hybridized carbons (Fsp3) is 0.923. The van der Waals surface area contributed by atoms with E-state index < -0.39 is 0 Å². The van der Waals surface area contributed by atoms with Gasteiger partial charge in [0, 0.05) is 6.42 Å². The van der Waals surface area contributed by atoms with Gasteiger partial charge >= 0.3 is 5.97 Å². The molecule has 2 N–H and O–H groups in total. The van der Waals surface area contributed by atoms with E-state index in [4.69, 9.17) is 4.74 Å². The zero-order valence-corrected chi connectivity index (χ0v) is 11.9. The predicted molar refractivity (Wildman–Crippen MR) is 72.3 cm³/mol. The molecule has 0 aromatic rings. The summed E-state index contributed by atoms with van der Waals surface area (Å²) in [6.07, 6.45) is 5.24. The summed E-state index contributed by atoms with van der Waals surface area (Å²) in [6, 6.07) is 0. The third-order valence-corrected chi connectivity index (χ3v) is 5.25. The molecule has 4 rings (SSSR count). The lowest BCUT2D eigenvalue weighted by Gasteiger charge is -2.22. The van der Waals surface area contributed by atoms with Gasteiger partial charge in [-0.05, 0) is 32.1 Å². The second-order valence-corrected chi connectivity index (χ2v) is 6.82. The Morgan fingerprint density at radius 1 is 1.00 bits per heavy atom. The Bertz CT molecular complexity index is 489. The van der Waals surface area contributed by atoms with Crippen molar-refractivity contribution in [3.8, 4) is 0 Å². The van der Waals surface area contributed by atoms with Crippen LogP contribution in [0.3, 0.4) is 0 Å². The van der Waals surface area contributed by atoms with Crippen molar-refractivity contribution >= 4 is 5.97 Å². The van der Waals surface area contributed by atoms with E-state index in [1.165, 1.54) is 0 Å². The zero-order chi connectivity index (χ0) is 14.3. The van der Waals surface area contributed by atoms with Gasteiger partial charge in [0.1, 0.15) is 6.10 Å². The van der Waals surface area contributed by atoms with E-state index in [0.717, 1.165) is 38.5 Å².